The van der Waals surface area contributed by atoms with Crippen molar-refractivity contribution in [2.75, 3.05) is 13.1 Å². The number of halogens is 3. The molecule has 0 unspecified atom stereocenters. The number of rotatable bonds is 5. The maximum Gasteiger partial charge on any atom is 0.389 e. The number of aromatic nitrogens is 2. The van der Waals surface area contributed by atoms with E-state index in [1.165, 1.54) is 0 Å². The Morgan fingerprint density at radius 1 is 1.40 bits per heavy atom. The first-order valence-electron chi connectivity index (χ1n) is 6.64. The molecule has 0 bridgehead atoms. The highest BCUT2D eigenvalue weighted by Crippen LogP contribution is 2.31. The average Bonchev–Trinajstić information content (AvgIpc) is 2.90. The molecule has 2 heterocycles. The van der Waals surface area contributed by atoms with Crippen molar-refractivity contribution in [1.82, 2.24) is 15.0 Å². The predicted molar refractivity (Wildman–Crippen MR) is 63.9 cm³/mol. The summed E-state index contributed by atoms with van der Waals surface area (Å²) >= 11 is 0. The summed E-state index contributed by atoms with van der Waals surface area (Å²) in [5.74, 6) is 0.938. The number of hydrogen-bond donors (Lipinski definition) is 1. The normalized spacial score (nSPS) is 24.4. The average molecular weight is 293 g/mol. The minimum absolute atomic E-state index is 0.0890. The van der Waals surface area contributed by atoms with E-state index < -0.39 is 18.7 Å². The zero-order valence-electron chi connectivity index (χ0n) is 11.2. The molecule has 0 saturated carbocycles. The molecule has 8 heteroatoms. The van der Waals surface area contributed by atoms with Gasteiger partial charge in [0.1, 0.15) is 0 Å². The van der Waals surface area contributed by atoms with Crippen LogP contribution in [-0.4, -0.2) is 45.5 Å². The van der Waals surface area contributed by atoms with Crippen LogP contribution < -0.4 is 0 Å². The fraction of sp³-hybridized carbons (Fsp3) is 0.833. The van der Waals surface area contributed by atoms with Crippen LogP contribution in [-0.2, 0) is 0 Å². The van der Waals surface area contributed by atoms with Gasteiger partial charge in [0.2, 0.25) is 5.89 Å². The molecule has 0 aliphatic carbocycles. The number of alkyl halides is 3. The van der Waals surface area contributed by atoms with E-state index in [0.29, 0.717) is 37.6 Å². The zero-order valence-corrected chi connectivity index (χ0v) is 11.2. The number of aliphatic hydroxyl groups is 1. The fourth-order valence-electron chi connectivity index (χ4n) is 2.47. The van der Waals surface area contributed by atoms with Crippen molar-refractivity contribution in [3.05, 3.63) is 11.7 Å². The number of likely N-dealkylation sites (tertiary alicyclic amines) is 1. The van der Waals surface area contributed by atoms with Crippen LogP contribution >= 0.6 is 0 Å². The third kappa shape index (κ3) is 4.17. The Morgan fingerprint density at radius 2 is 2.15 bits per heavy atom. The lowest BCUT2D eigenvalue weighted by atomic mass is 10.2. The largest absolute Gasteiger partial charge is 0.392 e. The number of nitrogens with zero attached hydrogens (tertiary/aromatic N) is 3. The van der Waals surface area contributed by atoms with Gasteiger partial charge in [-0.3, -0.25) is 4.90 Å². The van der Waals surface area contributed by atoms with E-state index in [2.05, 4.69) is 10.1 Å². The van der Waals surface area contributed by atoms with E-state index >= 15 is 0 Å². The van der Waals surface area contributed by atoms with Crippen LogP contribution in [0.5, 0.6) is 0 Å². The van der Waals surface area contributed by atoms with Gasteiger partial charge in [-0.05, 0) is 32.7 Å². The van der Waals surface area contributed by atoms with Gasteiger partial charge in [-0.25, -0.2) is 0 Å². The van der Waals surface area contributed by atoms with Gasteiger partial charge in [-0.1, -0.05) is 5.16 Å². The summed E-state index contributed by atoms with van der Waals surface area (Å²) in [4.78, 5) is 6.05. The molecule has 0 aromatic carbocycles. The molecule has 5 nitrogen and oxygen atoms in total. The second-order valence-electron chi connectivity index (χ2n) is 5.15. The maximum atomic E-state index is 12.1. The molecule has 1 N–H and O–H groups in total. The van der Waals surface area contributed by atoms with E-state index in [0.717, 1.165) is 0 Å². The van der Waals surface area contributed by atoms with Crippen molar-refractivity contribution >= 4 is 0 Å². The second kappa shape index (κ2) is 6.09. The maximum absolute atomic E-state index is 12.1. The summed E-state index contributed by atoms with van der Waals surface area (Å²) < 4.78 is 41.3. The number of unbranched alkanes of at least 4 members (excludes halogenated alkanes) is 1. The van der Waals surface area contributed by atoms with E-state index in [4.69, 9.17) is 4.52 Å². The quantitative estimate of drug-likeness (QED) is 0.843. The molecule has 1 aromatic heterocycles. The summed E-state index contributed by atoms with van der Waals surface area (Å²) in [5.41, 5.74) is 0. The predicted octanol–water partition coefficient (Wildman–Crippen LogP) is 2.22. The third-order valence-corrected chi connectivity index (χ3v) is 3.37. The fourth-order valence-corrected chi connectivity index (χ4v) is 2.47. The highest BCUT2D eigenvalue weighted by atomic mass is 19.4. The van der Waals surface area contributed by atoms with Crippen LogP contribution in [0.3, 0.4) is 0 Å². The Balaban J connectivity index is 1.86. The number of aryl methyl sites for hydroxylation is 1. The molecule has 20 heavy (non-hydrogen) atoms. The molecule has 2 rings (SSSR count). The Morgan fingerprint density at radius 3 is 2.75 bits per heavy atom. The van der Waals surface area contributed by atoms with E-state index in [9.17, 15) is 18.3 Å². The first-order valence-corrected chi connectivity index (χ1v) is 6.64. The van der Waals surface area contributed by atoms with Gasteiger partial charge in [0, 0.05) is 13.0 Å². The summed E-state index contributed by atoms with van der Waals surface area (Å²) in [6, 6.07) is -0.197. The van der Waals surface area contributed by atoms with Crippen molar-refractivity contribution in [2.45, 2.75) is 50.9 Å². The highest BCUT2D eigenvalue weighted by Gasteiger charge is 2.35. The van der Waals surface area contributed by atoms with Crippen LogP contribution in [0.4, 0.5) is 13.2 Å². The molecule has 0 radical (unpaired) electrons. The van der Waals surface area contributed by atoms with Gasteiger partial charge >= 0.3 is 6.18 Å². The summed E-state index contributed by atoms with van der Waals surface area (Å²) in [7, 11) is 0. The number of hydrogen-bond acceptors (Lipinski definition) is 5. The minimum Gasteiger partial charge on any atom is -0.392 e. The van der Waals surface area contributed by atoms with E-state index in [1.54, 1.807) is 6.92 Å². The Hall–Kier alpha value is -1.15. The zero-order chi connectivity index (χ0) is 14.8. The molecule has 1 aromatic rings. The van der Waals surface area contributed by atoms with Crippen LogP contribution in [0.2, 0.25) is 0 Å². The monoisotopic (exact) mass is 293 g/mol. The number of aliphatic hydroxyl groups excluding tert-OH is 1. The smallest absolute Gasteiger partial charge is 0.389 e. The van der Waals surface area contributed by atoms with Gasteiger partial charge in [-0.2, -0.15) is 18.2 Å². The second-order valence-corrected chi connectivity index (χ2v) is 5.15. The van der Waals surface area contributed by atoms with Gasteiger partial charge in [-0.15, -0.1) is 0 Å². The summed E-state index contributed by atoms with van der Waals surface area (Å²) in [6.45, 7) is 2.61. The molecule has 1 fully saturated rings. The molecule has 1 aliphatic heterocycles. The topological polar surface area (TPSA) is 62.4 Å². The van der Waals surface area contributed by atoms with Gasteiger partial charge in [0.25, 0.3) is 0 Å². The van der Waals surface area contributed by atoms with Crippen LogP contribution in [0.1, 0.15) is 43.4 Å². The number of β-amino-alcohol motifs (C(OH)–C–C–N with tert-alkyl or cyclic N) is 1. The lowest BCUT2D eigenvalue weighted by Gasteiger charge is -2.21. The molecule has 2 atom stereocenters. The molecule has 1 aliphatic rings. The Labute approximate surface area is 114 Å². The lowest BCUT2D eigenvalue weighted by Crippen LogP contribution is -2.26. The molecule has 0 amide bonds. The Kier molecular flexibility index (Phi) is 4.64. The lowest BCUT2D eigenvalue weighted by molar-refractivity contribution is -0.135. The third-order valence-electron chi connectivity index (χ3n) is 3.37. The van der Waals surface area contributed by atoms with E-state index in [-0.39, 0.29) is 12.5 Å². The molecular formula is C12H18F3N3O2. The Bertz CT molecular complexity index is 436. The van der Waals surface area contributed by atoms with Crippen molar-refractivity contribution in [3.63, 3.8) is 0 Å². The van der Waals surface area contributed by atoms with Crippen molar-refractivity contribution in [3.8, 4) is 0 Å². The summed E-state index contributed by atoms with van der Waals surface area (Å²) in [5, 5.41) is 13.4. The first-order chi connectivity index (χ1) is 9.35. The van der Waals surface area contributed by atoms with Crippen molar-refractivity contribution in [1.29, 1.82) is 0 Å². The molecule has 0 spiro atoms. The minimum atomic E-state index is -4.10. The van der Waals surface area contributed by atoms with Gasteiger partial charge in [0.05, 0.1) is 12.1 Å². The SMILES string of the molecule is Cc1noc([C@H]2C[C@@H](O)CN2CCCCC(F)(F)F)n1. The molecular weight excluding hydrogens is 275 g/mol. The standard InChI is InChI=1S/C12H18F3N3O2/c1-8-16-11(20-17-8)10-6-9(19)7-18(10)5-3-2-4-12(13,14)15/h9-10,19H,2-7H2,1H3/t9-,10-/m1/s1. The van der Waals surface area contributed by atoms with Crippen molar-refractivity contribution < 1.29 is 22.8 Å². The van der Waals surface area contributed by atoms with Crippen LogP contribution in [0.25, 0.3) is 0 Å². The van der Waals surface area contributed by atoms with E-state index in [1.807, 2.05) is 4.90 Å². The summed E-state index contributed by atoms with van der Waals surface area (Å²) in [6.07, 6.45) is -4.39. The molecule has 114 valence electrons. The van der Waals surface area contributed by atoms with Gasteiger partial charge in [0.15, 0.2) is 5.82 Å². The highest BCUT2D eigenvalue weighted by molar-refractivity contribution is 4.98. The van der Waals surface area contributed by atoms with Crippen LogP contribution in [0, 0.1) is 6.92 Å². The van der Waals surface area contributed by atoms with Crippen LogP contribution in [0.15, 0.2) is 4.52 Å². The van der Waals surface area contributed by atoms with Gasteiger partial charge < -0.3 is 9.63 Å². The first kappa shape index (κ1) is 15.2. The van der Waals surface area contributed by atoms with Crippen molar-refractivity contribution in [2.24, 2.45) is 0 Å². The molecule has 1 saturated heterocycles.